The Morgan fingerprint density at radius 3 is 2.33 bits per heavy atom. The van der Waals surface area contributed by atoms with E-state index in [2.05, 4.69) is 10.1 Å². The van der Waals surface area contributed by atoms with Crippen LogP contribution in [-0.4, -0.2) is 30.1 Å². The third-order valence-corrected chi connectivity index (χ3v) is 3.28. The van der Waals surface area contributed by atoms with Crippen LogP contribution in [0.25, 0.3) is 0 Å². The number of hydrogen-bond acceptors (Lipinski definition) is 3. The van der Waals surface area contributed by atoms with Crippen molar-refractivity contribution in [2.75, 3.05) is 6.54 Å². The van der Waals surface area contributed by atoms with Crippen molar-refractivity contribution < 1.29 is 28.2 Å². The van der Waals surface area contributed by atoms with Gasteiger partial charge in [0.25, 0.3) is 5.91 Å². The Kier molecular flexibility index (Phi) is 5.63. The summed E-state index contributed by atoms with van der Waals surface area (Å²) in [4.78, 5) is 23.0. The summed E-state index contributed by atoms with van der Waals surface area (Å²) in [5, 5.41) is 11.6. The fourth-order valence-corrected chi connectivity index (χ4v) is 1.52. The van der Waals surface area contributed by atoms with Crippen LogP contribution in [-0.2, 0) is 4.79 Å². The van der Waals surface area contributed by atoms with Crippen LogP contribution in [0.5, 0.6) is 5.75 Å². The van der Waals surface area contributed by atoms with Gasteiger partial charge in [0, 0.05) is 12.1 Å². The monoisotopic (exact) mass is 301 g/mol. The molecular formula is C14H17F2NO4. The van der Waals surface area contributed by atoms with E-state index in [1.54, 1.807) is 6.92 Å². The highest BCUT2D eigenvalue weighted by atomic mass is 19.3. The van der Waals surface area contributed by atoms with E-state index in [0.29, 0.717) is 6.42 Å². The summed E-state index contributed by atoms with van der Waals surface area (Å²) in [6.45, 7) is 0.310. The molecule has 1 atom stereocenters. The number of aliphatic carboxylic acids is 1. The standard InChI is InChI=1S/C14H17F2NO4/c1-3-14(2,12(19)20)8-17-11(18)9-4-6-10(7-5-9)21-13(15)16/h4-7,13H,3,8H2,1-2H3,(H,17,18)(H,19,20). The largest absolute Gasteiger partial charge is 0.481 e. The van der Waals surface area contributed by atoms with E-state index in [4.69, 9.17) is 5.11 Å². The summed E-state index contributed by atoms with van der Waals surface area (Å²) in [6.07, 6.45) is 0.365. The zero-order valence-corrected chi connectivity index (χ0v) is 11.7. The molecule has 0 radical (unpaired) electrons. The highest BCUT2D eigenvalue weighted by Gasteiger charge is 2.31. The fourth-order valence-electron chi connectivity index (χ4n) is 1.52. The van der Waals surface area contributed by atoms with Crippen LogP contribution in [0.2, 0.25) is 0 Å². The van der Waals surface area contributed by atoms with Crippen molar-refractivity contribution in [3.63, 3.8) is 0 Å². The summed E-state index contributed by atoms with van der Waals surface area (Å²) >= 11 is 0. The van der Waals surface area contributed by atoms with Crippen LogP contribution in [0, 0.1) is 5.41 Å². The third-order valence-electron chi connectivity index (χ3n) is 3.28. The molecule has 1 unspecified atom stereocenters. The van der Waals surface area contributed by atoms with E-state index in [1.165, 1.54) is 31.2 Å². The number of carbonyl (C=O) groups is 2. The van der Waals surface area contributed by atoms with Gasteiger partial charge in [-0.3, -0.25) is 9.59 Å². The molecule has 0 aromatic heterocycles. The smallest absolute Gasteiger partial charge is 0.387 e. The third kappa shape index (κ3) is 4.70. The second-order valence-electron chi connectivity index (χ2n) is 4.80. The zero-order valence-electron chi connectivity index (χ0n) is 11.7. The summed E-state index contributed by atoms with van der Waals surface area (Å²) < 4.78 is 28.1. The second kappa shape index (κ2) is 7.01. The molecule has 0 aliphatic rings. The van der Waals surface area contributed by atoms with Crippen molar-refractivity contribution in [1.29, 1.82) is 0 Å². The first-order chi connectivity index (χ1) is 9.78. The number of carboxylic acids is 1. The Labute approximate surface area is 120 Å². The molecule has 0 saturated heterocycles. The van der Waals surface area contributed by atoms with Gasteiger partial charge in [0.1, 0.15) is 5.75 Å². The predicted molar refractivity (Wildman–Crippen MR) is 71.4 cm³/mol. The van der Waals surface area contributed by atoms with E-state index in [-0.39, 0.29) is 17.9 Å². The lowest BCUT2D eigenvalue weighted by Gasteiger charge is -2.23. The molecule has 1 rings (SSSR count). The van der Waals surface area contributed by atoms with Crippen LogP contribution in [0.15, 0.2) is 24.3 Å². The molecule has 0 aliphatic carbocycles. The number of ether oxygens (including phenoxy) is 1. The normalized spacial score (nSPS) is 13.6. The molecule has 1 amide bonds. The molecular weight excluding hydrogens is 284 g/mol. The SMILES string of the molecule is CCC(C)(CNC(=O)c1ccc(OC(F)F)cc1)C(=O)O. The molecule has 2 N–H and O–H groups in total. The Hall–Kier alpha value is -2.18. The number of carbonyl (C=O) groups excluding carboxylic acids is 1. The maximum atomic E-state index is 12.0. The highest BCUT2D eigenvalue weighted by Crippen LogP contribution is 2.20. The van der Waals surface area contributed by atoms with Crippen LogP contribution < -0.4 is 10.1 Å². The van der Waals surface area contributed by atoms with E-state index in [0.717, 1.165) is 0 Å². The number of carboxylic acid groups (broad SMARTS) is 1. The summed E-state index contributed by atoms with van der Waals surface area (Å²) in [5.74, 6) is -1.52. The highest BCUT2D eigenvalue weighted by molar-refractivity contribution is 5.94. The molecule has 0 bridgehead atoms. The number of amides is 1. The minimum atomic E-state index is -2.93. The molecule has 0 fully saturated rings. The molecule has 0 spiro atoms. The van der Waals surface area contributed by atoms with Crippen molar-refractivity contribution in [3.05, 3.63) is 29.8 Å². The fraction of sp³-hybridized carbons (Fsp3) is 0.429. The van der Waals surface area contributed by atoms with E-state index in [1.807, 2.05) is 0 Å². The summed E-state index contributed by atoms with van der Waals surface area (Å²) in [5.41, 5.74) is -0.811. The van der Waals surface area contributed by atoms with E-state index >= 15 is 0 Å². The number of alkyl halides is 2. The lowest BCUT2D eigenvalue weighted by Crippen LogP contribution is -2.40. The van der Waals surface area contributed by atoms with Gasteiger partial charge in [0.2, 0.25) is 0 Å². The van der Waals surface area contributed by atoms with Crippen molar-refractivity contribution in [1.82, 2.24) is 5.32 Å². The van der Waals surface area contributed by atoms with Crippen molar-refractivity contribution >= 4 is 11.9 Å². The van der Waals surface area contributed by atoms with E-state index in [9.17, 15) is 18.4 Å². The van der Waals surface area contributed by atoms with Gasteiger partial charge in [-0.2, -0.15) is 8.78 Å². The average Bonchev–Trinajstić information content (AvgIpc) is 2.44. The van der Waals surface area contributed by atoms with Gasteiger partial charge in [0.05, 0.1) is 5.41 Å². The lowest BCUT2D eigenvalue weighted by atomic mass is 9.87. The molecule has 7 heteroatoms. The minimum Gasteiger partial charge on any atom is -0.481 e. The lowest BCUT2D eigenvalue weighted by molar-refractivity contribution is -0.147. The number of benzene rings is 1. The average molecular weight is 301 g/mol. The minimum absolute atomic E-state index is 0.0209. The Morgan fingerprint density at radius 1 is 1.33 bits per heavy atom. The first kappa shape index (κ1) is 16.9. The first-order valence-electron chi connectivity index (χ1n) is 6.35. The molecule has 0 aliphatic heterocycles. The summed E-state index contributed by atoms with van der Waals surface area (Å²) in [6, 6.07) is 5.16. The van der Waals surface area contributed by atoms with Crippen molar-refractivity contribution in [2.45, 2.75) is 26.9 Å². The molecule has 0 heterocycles. The second-order valence-corrected chi connectivity index (χ2v) is 4.80. The van der Waals surface area contributed by atoms with Crippen LogP contribution in [0.4, 0.5) is 8.78 Å². The van der Waals surface area contributed by atoms with Crippen LogP contribution in [0.1, 0.15) is 30.6 Å². The van der Waals surface area contributed by atoms with Crippen molar-refractivity contribution in [3.8, 4) is 5.75 Å². The molecule has 116 valence electrons. The number of rotatable bonds is 7. The van der Waals surface area contributed by atoms with Gasteiger partial charge < -0.3 is 15.2 Å². The first-order valence-corrected chi connectivity index (χ1v) is 6.35. The Balaban J connectivity index is 2.66. The number of nitrogens with one attached hydrogen (secondary N) is 1. The predicted octanol–water partition coefficient (Wildman–Crippen LogP) is 2.52. The van der Waals surface area contributed by atoms with Gasteiger partial charge in [-0.15, -0.1) is 0 Å². The maximum absolute atomic E-state index is 12.0. The van der Waals surface area contributed by atoms with Gasteiger partial charge in [-0.25, -0.2) is 0 Å². The molecule has 0 saturated carbocycles. The topological polar surface area (TPSA) is 75.6 Å². The quantitative estimate of drug-likeness (QED) is 0.811. The molecule has 1 aromatic carbocycles. The maximum Gasteiger partial charge on any atom is 0.387 e. The van der Waals surface area contributed by atoms with Gasteiger partial charge in [-0.05, 0) is 37.6 Å². The van der Waals surface area contributed by atoms with Gasteiger partial charge >= 0.3 is 12.6 Å². The van der Waals surface area contributed by atoms with Crippen molar-refractivity contribution in [2.24, 2.45) is 5.41 Å². The van der Waals surface area contributed by atoms with Gasteiger partial charge in [-0.1, -0.05) is 6.92 Å². The Morgan fingerprint density at radius 2 is 1.90 bits per heavy atom. The molecule has 21 heavy (non-hydrogen) atoms. The number of hydrogen-bond donors (Lipinski definition) is 2. The molecule has 5 nitrogen and oxygen atoms in total. The zero-order chi connectivity index (χ0) is 16.0. The summed E-state index contributed by atoms with van der Waals surface area (Å²) in [7, 11) is 0. The van der Waals surface area contributed by atoms with Gasteiger partial charge in [0.15, 0.2) is 0 Å². The Bertz CT molecular complexity index is 504. The van der Waals surface area contributed by atoms with Crippen LogP contribution >= 0.6 is 0 Å². The number of halogens is 2. The van der Waals surface area contributed by atoms with E-state index < -0.39 is 23.9 Å². The van der Waals surface area contributed by atoms with Crippen LogP contribution in [0.3, 0.4) is 0 Å². The molecule has 1 aromatic rings.